The second kappa shape index (κ2) is 6.37. The molecule has 0 saturated carbocycles. The van der Waals surface area contributed by atoms with E-state index in [1.807, 2.05) is 6.92 Å². The first-order valence-electron chi connectivity index (χ1n) is 6.53. The van der Waals surface area contributed by atoms with Gasteiger partial charge in [-0.3, -0.25) is 4.79 Å². The van der Waals surface area contributed by atoms with Gasteiger partial charge in [-0.25, -0.2) is 0 Å². The maximum atomic E-state index is 12.6. The highest BCUT2D eigenvalue weighted by molar-refractivity contribution is 7.80. The van der Waals surface area contributed by atoms with Gasteiger partial charge in [0.25, 0.3) is 5.91 Å². The summed E-state index contributed by atoms with van der Waals surface area (Å²) in [6.07, 6.45) is 0. The Balaban J connectivity index is 2.36. The van der Waals surface area contributed by atoms with Crippen LogP contribution in [-0.2, 0) is 0 Å². The fourth-order valence-electron chi connectivity index (χ4n) is 2.07. The summed E-state index contributed by atoms with van der Waals surface area (Å²) >= 11 is 4.93. The highest BCUT2D eigenvalue weighted by atomic mass is 32.1. The lowest BCUT2D eigenvalue weighted by Crippen LogP contribution is -2.30. The number of aromatic hydroxyl groups is 1. The van der Waals surface area contributed by atoms with E-state index in [1.54, 1.807) is 53.4 Å². The van der Waals surface area contributed by atoms with E-state index in [0.29, 0.717) is 23.4 Å². The standard InChI is InChI=1S/C16H16N2O2S/c1-2-18(13-7-4-8-14(19)10-13)16(20)12-6-3-5-11(9-12)15(17)21/h3-10,19H,2H2,1H3,(H2,17,21). The van der Waals surface area contributed by atoms with Crippen molar-refractivity contribution in [3.63, 3.8) is 0 Å². The normalized spacial score (nSPS) is 10.1. The summed E-state index contributed by atoms with van der Waals surface area (Å²) in [6.45, 7) is 2.36. The molecule has 0 aromatic heterocycles. The van der Waals surface area contributed by atoms with E-state index in [1.165, 1.54) is 0 Å². The molecule has 0 bridgehead atoms. The van der Waals surface area contributed by atoms with Crippen LogP contribution in [0.15, 0.2) is 48.5 Å². The van der Waals surface area contributed by atoms with Crippen molar-refractivity contribution in [2.75, 3.05) is 11.4 Å². The lowest BCUT2D eigenvalue weighted by Gasteiger charge is -2.21. The molecule has 0 atom stereocenters. The Bertz CT molecular complexity index is 685. The minimum Gasteiger partial charge on any atom is -0.508 e. The molecule has 5 heteroatoms. The minimum absolute atomic E-state index is 0.121. The van der Waals surface area contributed by atoms with Crippen LogP contribution in [0.4, 0.5) is 5.69 Å². The molecule has 0 spiro atoms. The Kier molecular flexibility index (Phi) is 4.55. The molecule has 2 rings (SSSR count). The molecule has 108 valence electrons. The quantitative estimate of drug-likeness (QED) is 0.852. The molecule has 0 unspecified atom stereocenters. The molecule has 0 radical (unpaired) electrons. The largest absolute Gasteiger partial charge is 0.508 e. The van der Waals surface area contributed by atoms with Crippen molar-refractivity contribution in [2.24, 2.45) is 5.73 Å². The van der Waals surface area contributed by atoms with Gasteiger partial charge in [0.1, 0.15) is 10.7 Å². The van der Waals surface area contributed by atoms with Crippen LogP contribution >= 0.6 is 12.2 Å². The Hall–Kier alpha value is -2.40. The number of nitrogens with zero attached hydrogens (tertiary/aromatic N) is 1. The number of carbonyl (C=O) groups excluding carboxylic acids is 1. The maximum absolute atomic E-state index is 12.6. The lowest BCUT2D eigenvalue weighted by molar-refractivity contribution is 0.0988. The summed E-state index contributed by atoms with van der Waals surface area (Å²) < 4.78 is 0. The van der Waals surface area contributed by atoms with Crippen molar-refractivity contribution in [2.45, 2.75) is 6.92 Å². The number of phenols is 1. The van der Waals surface area contributed by atoms with Gasteiger partial charge in [-0.15, -0.1) is 0 Å². The summed E-state index contributed by atoms with van der Waals surface area (Å²) in [7, 11) is 0. The number of anilines is 1. The number of hydrogen-bond acceptors (Lipinski definition) is 3. The maximum Gasteiger partial charge on any atom is 0.258 e. The molecule has 0 heterocycles. The van der Waals surface area contributed by atoms with Gasteiger partial charge in [-0.2, -0.15) is 0 Å². The first kappa shape index (κ1) is 15.0. The van der Waals surface area contributed by atoms with Crippen LogP contribution in [0.1, 0.15) is 22.8 Å². The molecular weight excluding hydrogens is 284 g/mol. The highest BCUT2D eigenvalue weighted by Gasteiger charge is 2.17. The molecule has 0 saturated heterocycles. The predicted molar refractivity (Wildman–Crippen MR) is 87.8 cm³/mol. The zero-order valence-electron chi connectivity index (χ0n) is 11.6. The van der Waals surface area contributed by atoms with E-state index in [4.69, 9.17) is 18.0 Å². The van der Waals surface area contributed by atoms with E-state index >= 15 is 0 Å². The van der Waals surface area contributed by atoms with Gasteiger partial charge in [-0.05, 0) is 31.2 Å². The monoisotopic (exact) mass is 300 g/mol. The molecule has 2 aromatic carbocycles. The van der Waals surface area contributed by atoms with Crippen molar-refractivity contribution in [3.05, 3.63) is 59.7 Å². The van der Waals surface area contributed by atoms with E-state index < -0.39 is 0 Å². The molecule has 0 aliphatic carbocycles. The number of amides is 1. The van der Waals surface area contributed by atoms with Gasteiger partial charge in [0.15, 0.2) is 0 Å². The van der Waals surface area contributed by atoms with E-state index in [-0.39, 0.29) is 16.6 Å². The van der Waals surface area contributed by atoms with Gasteiger partial charge in [0, 0.05) is 29.4 Å². The lowest BCUT2D eigenvalue weighted by atomic mass is 10.1. The van der Waals surface area contributed by atoms with Crippen molar-refractivity contribution in [1.82, 2.24) is 0 Å². The summed E-state index contributed by atoms with van der Waals surface area (Å²) in [6, 6.07) is 13.5. The third kappa shape index (κ3) is 3.38. The molecule has 0 fully saturated rings. The van der Waals surface area contributed by atoms with Crippen LogP contribution in [0.2, 0.25) is 0 Å². The van der Waals surface area contributed by atoms with E-state index in [9.17, 15) is 9.90 Å². The highest BCUT2D eigenvalue weighted by Crippen LogP contribution is 2.22. The first-order valence-corrected chi connectivity index (χ1v) is 6.94. The fraction of sp³-hybridized carbons (Fsp3) is 0.125. The van der Waals surface area contributed by atoms with Gasteiger partial charge >= 0.3 is 0 Å². The zero-order valence-corrected chi connectivity index (χ0v) is 12.4. The van der Waals surface area contributed by atoms with E-state index in [0.717, 1.165) is 0 Å². The minimum atomic E-state index is -0.166. The second-order valence-corrected chi connectivity index (χ2v) is 4.95. The smallest absolute Gasteiger partial charge is 0.258 e. The van der Waals surface area contributed by atoms with Gasteiger partial charge in [0.2, 0.25) is 0 Å². The van der Waals surface area contributed by atoms with Gasteiger partial charge in [-0.1, -0.05) is 30.4 Å². The number of phenolic OH excluding ortho intramolecular Hbond substituents is 1. The molecule has 4 nitrogen and oxygen atoms in total. The van der Waals surface area contributed by atoms with Crippen LogP contribution in [-0.4, -0.2) is 22.5 Å². The SMILES string of the molecule is CCN(C(=O)c1cccc(C(N)=S)c1)c1cccc(O)c1. The average Bonchev–Trinajstić information content (AvgIpc) is 2.48. The fourth-order valence-corrected chi connectivity index (χ4v) is 2.19. The van der Waals surface area contributed by atoms with Crippen molar-refractivity contribution in [3.8, 4) is 5.75 Å². The predicted octanol–water partition coefficient (Wildman–Crippen LogP) is 2.69. The van der Waals surface area contributed by atoms with Gasteiger partial charge in [0.05, 0.1) is 0 Å². The third-order valence-corrected chi connectivity index (χ3v) is 3.33. The Morgan fingerprint density at radius 3 is 2.48 bits per heavy atom. The average molecular weight is 300 g/mol. The van der Waals surface area contributed by atoms with Crippen molar-refractivity contribution >= 4 is 28.8 Å². The summed E-state index contributed by atoms with van der Waals surface area (Å²) in [5, 5.41) is 9.56. The van der Waals surface area contributed by atoms with Crippen LogP contribution in [0, 0.1) is 0 Å². The van der Waals surface area contributed by atoms with Crippen molar-refractivity contribution < 1.29 is 9.90 Å². The second-order valence-electron chi connectivity index (χ2n) is 4.51. The molecule has 0 aliphatic rings. The van der Waals surface area contributed by atoms with Gasteiger partial charge < -0.3 is 15.7 Å². The van der Waals surface area contributed by atoms with Crippen LogP contribution in [0.3, 0.4) is 0 Å². The van der Waals surface area contributed by atoms with Crippen molar-refractivity contribution in [1.29, 1.82) is 0 Å². The first-order chi connectivity index (χ1) is 10.0. The van der Waals surface area contributed by atoms with E-state index in [2.05, 4.69) is 0 Å². The topological polar surface area (TPSA) is 66.6 Å². The van der Waals surface area contributed by atoms with Crippen LogP contribution in [0.25, 0.3) is 0 Å². The molecular formula is C16H16N2O2S. The summed E-state index contributed by atoms with van der Waals surface area (Å²) in [5.74, 6) is -0.0446. The Morgan fingerprint density at radius 2 is 1.86 bits per heavy atom. The molecule has 0 aliphatic heterocycles. The molecule has 2 aromatic rings. The molecule has 21 heavy (non-hydrogen) atoms. The molecule has 1 amide bonds. The number of rotatable bonds is 4. The number of thiocarbonyl (C=S) groups is 1. The zero-order chi connectivity index (χ0) is 15.4. The number of hydrogen-bond donors (Lipinski definition) is 2. The Labute approximate surface area is 128 Å². The van der Waals surface area contributed by atoms with Crippen LogP contribution < -0.4 is 10.6 Å². The third-order valence-electron chi connectivity index (χ3n) is 3.10. The van der Waals surface area contributed by atoms with Crippen LogP contribution in [0.5, 0.6) is 5.75 Å². The summed E-state index contributed by atoms with van der Waals surface area (Å²) in [5.41, 5.74) is 7.40. The Morgan fingerprint density at radius 1 is 1.19 bits per heavy atom. The molecule has 3 N–H and O–H groups in total. The summed E-state index contributed by atoms with van der Waals surface area (Å²) in [4.78, 5) is 14.5. The number of benzene rings is 2. The number of carbonyl (C=O) groups is 1. The number of nitrogens with two attached hydrogens (primary N) is 1.